The quantitative estimate of drug-likeness (QED) is 0.575. The number of carboxylic acid groups (broad SMARTS) is 1. The van der Waals surface area contributed by atoms with Gasteiger partial charge in [0, 0.05) is 39.3 Å². The minimum Gasteiger partial charge on any atom is -0.483 e. The number of nitrogens with two attached hydrogens (primary N) is 1. The number of carbonyl (C=O) groups excluding carboxylic acids is 2. The molecule has 2 fully saturated rings. The largest absolute Gasteiger partial charge is 0.483 e. The number of hydrogen-bond acceptors (Lipinski definition) is 8. The van der Waals surface area contributed by atoms with E-state index in [0.29, 0.717) is 29.1 Å². The molecule has 0 radical (unpaired) electrons. The highest BCUT2D eigenvalue weighted by atomic mass is 32.1. The SMILES string of the molecule is CN(C)C(=O)C[C@H]1CN2C[C@H](NC(=O)c3cnc(N)s3)C[C@H]2CO1.O=CO. The van der Waals surface area contributed by atoms with Gasteiger partial charge in [0.05, 0.1) is 25.3 Å². The number of nitrogens with one attached hydrogen (secondary N) is 1. The van der Waals surface area contributed by atoms with Crippen molar-refractivity contribution in [1.82, 2.24) is 20.1 Å². The number of rotatable bonds is 4. The monoisotopic (exact) mass is 399 g/mol. The zero-order valence-corrected chi connectivity index (χ0v) is 16.1. The molecule has 10 nitrogen and oxygen atoms in total. The van der Waals surface area contributed by atoms with Gasteiger partial charge in [0.15, 0.2) is 5.13 Å². The Balaban J connectivity index is 0.000000817. The van der Waals surface area contributed by atoms with E-state index in [9.17, 15) is 9.59 Å². The Morgan fingerprint density at radius 1 is 1.52 bits per heavy atom. The van der Waals surface area contributed by atoms with E-state index in [1.807, 2.05) is 0 Å². The predicted octanol–water partition coefficient (Wildman–Crippen LogP) is -0.524. The Hall–Kier alpha value is -2.24. The zero-order chi connectivity index (χ0) is 20.0. The Morgan fingerprint density at radius 3 is 2.81 bits per heavy atom. The van der Waals surface area contributed by atoms with Crippen molar-refractivity contribution in [2.45, 2.75) is 31.0 Å². The molecule has 0 bridgehead atoms. The molecule has 0 saturated carbocycles. The fraction of sp³-hybridized carbons (Fsp3) is 0.625. The summed E-state index contributed by atoms with van der Waals surface area (Å²) in [4.78, 5) is 40.7. The molecule has 3 rings (SSSR count). The maximum Gasteiger partial charge on any atom is 0.290 e. The molecule has 2 aliphatic rings. The third-order valence-corrected chi connectivity index (χ3v) is 5.30. The third-order valence-electron chi connectivity index (χ3n) is 4.47. The number of thiazole rings is 1. The smallest absolute Gasteiger partial charge is 0.290 e. The first kappa shape index (κ1) is 21.1. The van der Waals surface area contributed by atoms with Gasteiger partial charge in [-0.2, -0.15) is 0 Å². The Labute approximate surface area is 161 Å². The molecule has 11 heteroatoms. The molecule has 0 aromatic carbocycles. The first-order valence-corrected chi connectivity index (χ1v) is 9.31. The fourth-order valence-electron chi connectivity index (χ4n) is 3.20. The van der Waals surface area contributed by atoms with Gasteiger partial charge in [0.2, 0.25) is 5.91 Å². The molecule has 27 heavy (non-hydrogen) atoms. The topological polar surface area (TPSA) is 138 Å². The van der Waals surface area contributed by atoms with E-state index in [1.54, 1.807) is 19.0 Å². The van der Waals surface area contributed by atoms with E-state index >= 15 is 0 Å². The molecule has 150 valence electrons. The van der Waals surface area contributed by atoms with Gasteiger partial charge < -0.3 is 25.8 Å². The molecular formula is C16H25N5O5S. The maximum absolute atomic E-state index is 12.2. The molecule has 4 N–H and O–H groups in total. The van der Waals surface area contributed by atoms with E-state index in [-0.39, 0.29) is 30.4 Å². The van der Waals surface area contributed by atoms with Crippen molar-refractivity contribution in [3.8, 4) is 0 Å². The second-order valence-corrected chi connectivity index (χ2v) is 7.69. The molecule has 2 amide bonds. The molecule has 2 saturated heterocycles. The highest BCUT2D eigenvalue weighted by Gasteiger charge is 2.38. The molecule has 0 spiro atoms. The van der Waals surface area contributed by atoms with Crippen LogP contribution >= 0.6 is 11.3 Å². The Bertz CT molecular complexity index is 667. The second-order valence-electron chi connectivity index (χ2n) is 6.63. The minimum atomic E-state index is -0.250. The van der Waals surface area contributed by atoms with Crippen LogP contribution in [-0.4, -0.2) is 90.2 Å². The summed E-state index contributed by atoms with van der Waals surface area (Å²) in [6.07, 6.45) is 2.68. The van der Waals surface area contributed by atoms with Gasteiger partial charge in [0.1, 0.15) is 4.88 Å². The van der Waals surface area contributed by atoms with Crippen LogP contribution in [0, 0.1) is 0 Å². The molecule has 0 aliphatic carbocycles. The standard InChI is InChI=1S/C15H23N5O3S.CH2O2/c1-19(2)13(21)4-11-7-20-6-9(3-10(20)8-23-11)18-14(22)12-5-17-15(16)24-12;2-1-3/h5,9-11H,3-4,6-8H2,1-2H3,(H2,16,17)(H,18,22);1H,(H,2,3)/t9-,10+,11+;/m1./s1. The number of anilines is 1. The molecule has 1 aromatic rings. The number of hydrogen-bond donors (Lipinski definition) is 3. The summed E-state index contributed by atoms with van der Waals surface area (Å²) < 4.78 is 5.83. The molecular weight excluding hydrogens is 374 g/mol. The van der Waals surface area contributed by atoms with Crippen molar-refractivity contribution in [2.75, 3.05) is 39.5 Å². The molecule has 1 aromatic heterocycles. The highest BCUT2D eigenvalue weighted by molar-refractivity contribution is 7.17. The minimum absolute atomic E-state index is 0.0743. The number of aromatic nitrogens is 1. The second kappa shape index (κ2) is 9.62. The normalized spacial score (nSPS) is 24.3. The van der Waals surface area contributed by atoms with Gasteiger partial charge in [-0.25, -0.2) is 4.98 Å². The predicted molar refractivity (Wildman–Crippen MR) is 99.5 cm³/mol. The Morgan fingerprint density at radius 2 is 2.22 bits per heavy atom. The average Bonchev–Trinajstić information content (AvgIpc) is 3.20. The third kappa shape index (κ3) is 5.88. The summed E-state index contributed by atoms with van der Waals surface area (Å²) in [6.45, 7) is 1.86. The summed E-state index contributed by atoms with van der Waals surface area (Å²) in [5.41, 5.74) is 5.57. The summed E-state index contributed by atoms with van der Waals surface area (Å²) in [5, 5.41) is 10.3. The van der Waals surface area contributed by atoms with Crippen LogP contribution < -0.4 is 11.1 Å². The van der Waals surface area contributed by atoms with Crippen molar-refractivity contribution < 1.29 is 24.2 Å². The Kier molecular flexibility index (Phi) is 7.51. The van der Waals surface area contributed by atoms with Crippen molar-refractivity contribution in [1.29, 1.82) is 0 Å². The van der Waals surface area contributed by atoms with Crippen LogP contribution in [0.15, 0.2) is 6.20 Å². The van der Waals surface area contributed by atoms with Crippen LogP contribution in [0.25, 0.3) is 0 Å². The van der Waals surface area contributed by atoms with Gasteiger partial charge in [-0.05, 0) is 6.42 Å². The van der Waals surface area contributed by atoms with E-state index in [1.165, 1.54) is 17.5 Å². The lowest BCUT2D eigenvalue weighted by molar-refractivity contribution is -0.134. The summed E-state index contributed by atoms with van der Waals surface area (Å²) in [7, 11) is 3.50. The summed E-state index contributed by atoms with van der Waals surface area (Å²) >= 11 is 1.19. The average molecular weight is 399 g/mol. The van der Waals surface area contributed by atoms with Gasteiger partial charge in [-0.15, -0.1) is 0 Å². The van der Waals surface area contributed by atoms with Crippen molar-refractivity contribution in [3.63, 3.8) is 0 Å². The van der Waals surface area contributed by atoms with Crippen molar-refractivity contribution >= 4 is 34.8 Å². The molecule has 3 atom stereocenters. The molecule has 0 unspecified atom stereocenters. The number of fused-ring (bicyclic) bond motifs is 1. The van der Waals surface area contributed by atoms with Gasteiger partial charge >= 0.3 is 0 Å². The fourth-order valence-corrected chi connectivity index (χ4v) is 3.78. The first-order chi connectivity index (χ1) is 12.8. The van der Waals surface area contributed by atoms with E-state index < -0.39 is 0 Å². The summed E-state index contributed by atoms with van der Waals surface area (Å²) in [6, 6.07) is 0.380. The van der Waals surface area contributed by atoms with Crippen LogP contribution in [-0.2, 0) is 14.3 Å². The first-order valence-electron chi connectivity index (χ1n) is 8.49. The molecule has 2 aliphatic heterocycles. The molecule has 3 heterocycles. The number of amides is 2. The van der Waals surface area contributed by atoms with Crippen LogP contribution in [0.1, 0.15) is 22.5 Å². The van der Waals surface area contributed by atoms with Crippen LogP contribution in [0.4, 0.5) is 5.13 Å². The number of ether oxygens (including phenoxy) is 1. The lowest BCUT2D eigenvalue weighted by atomic mass is 10.1. The highest BCUT2D eigenvalue weighted by Crippen LogP contribution is 2.25. The summed E-state index contributed by atoms with van der Waals surface area (Å²) in [5.74, 6) is -0.0559. The van der Waals surface area contributed by atoms with Gasteiger partial charge in [-0.3, -0.25) is 19.3 Å². The zero-order valence-electron chi connectivity index (χ0n) is 15.3. The maximum atomic E-state index is 12.2. The van der Waals surface area contributed by atoms with E-state index in [0.717, 1.165) is 19.5 Å². The van der Waals surface area contributed by atoms with E-state index in [4.69, 9.17) is 20.4 Å². The lowest BCUT2D eigenvalue weighted by Crippen LogP contribution is -2.47. The van der Waals surface area contributed by atoms with Gasteiger partial charge in [-0.1, -0.05) is 11.3 Å². The van der Waals surface area contributed by atoms with Crippen molar-refractivity contribution in [2.24, 2.45) is 0 Å². The van der Waals surface area contributed by atoms with E-state index in [2.05, 4.69) is 15.2 Å². The van der Waals surface area contributed by atoms with Crippen LogP contribution in [0.2, 0.25) is 0 Å². The number of carbonyl (C=O) groups is 3. The lowest BCUT2D eigenvalue weighted by Gasteiger charge is -2.35. The number of nitrogens with zero attached hydrogens (tertiary/aromatic N) is 3. The number of nitrogen functional groups attached to an aromatic ring is 1. The number of morpholine rings is 1. The van der Waals surface area contributed by atoms with Crippen LogP contribution in [0.5, 0.6) is 0 Å². The van der Waals surface area contributed by atoms with Gasteiger partial charge in [0.25, 0.3) is 12.4 Å². The van der Waals surface area contributed by atoms with Crippen LogP contribution in [0.3, 0.4) is 0 Å². The van der Waals surface area contributed by atoms with Crippen molar-refractivity contribution in [3.05, 3.63) is 11.1 Å².